The molecule has 2 aromatic rings. The van der Waals surface area contributed by atoms with Gasteiger partial charge in [0.05, 0.1) is 17.4 Å². The largest absolute Gasteiger partial charge is 0.348 e. The smallest absolute Gasteiger partial charge is 0.254 e. The predicted molar refractivity (Wildman–Crippen MR) is 97.7 cm³/mol. The van der Waals surface area contributed by atoms with Crippen molar-refractivity contribution in [1.29, 1.82) is 0 Å². The summed E-state index contributed by atoms with van der Waals surface area (Å²) in [7, 11) is 0. The zero-order valence-electron chi connectivity index (χ0n) is 13.7. The van der Waals surface area contributed by atoms with Gasteiger partial charge in [-0.25, -0.2) is 4.68 Å². The Morgan fingerprint density at radius 2 is 1.96 bits per heavy atom. The quantitative estimate of drug-likeness (QED) is 0.872. The van der Waals surface area contributed by atoms with E-state index < -0.39 is 0 Å². The molecule has 0 spiro atoms. The van der Waals surface area contributed by atoms with Crippen molar-refractivity contribution in [3.63, 3.8) is 0 Å². The van der Waals surface area contributed by atoms with E-state index in [-0.39, 0.29) is 24.4 Å². The van der Waals surface area contributed by atoms with Gasteiger partial charge in [-0.1, -0.05) is 37.5 Å². The molecule has 1 aliphatic rings. The number of nitrogens with zero attached hydrogens (tertiary/aromatic N) is 2. The molecule has 1 aromatic heterocycles. The fraction of sp³-hybridized carbons (Fsp3) is 0.444. The highest BCUT2D eigenvalue weighted by molar-refractivity contribution is 5.94. The van der Waals surface area contributed by atoms with Crippen LogP contribution >= 0.6 is 12.4 Å². The number of carbonyl (C=O) groups excluding carboxylic acids is 1. The first-order chi connectivity index (χ1) is 11.3. The number of rotatable bonds is 5. The average Bonchev–Trinajstić information content (AvgIpc) is 3.11. The van der Waals surface area contributed by atoms with Crippen molar-refractivity contribution in [2.45, 2.75) is 38.1 Å². The van der Waals surface area contributed by atoms with Crippen LogP contribution in [-0.2, 0) is 0 Å². The predicted octanol–water partition coefficient (Wildman–Crippen LogP) is 2.93. The second-order valence-electron chi connectivity index (χ2n) is 6.22. The first-order valence-electron chi connectivity index (χ1n) is 8.39. The molecule has 1 heterocycles. The van der Waals surface area contributed by atoms with E-state index in [0.717, 1.165) is 18.5 Å². The average molecular weight is 349 g/mol. The monoisotopic (exact) mass is 348 g/mol. The summed E-state index contributed by atoms with van der Waals surface area (Å²) >= 11 is 0. The van der Waals surface area contributed by atoms with Crippen LogP contribution in [0.25, 0.3) is 5.69 Å². The molecule has 5 nitrogen and oxygen atoms in total. The van der Waals surface area contributed by atoms with Crippen molar-refractivity contribution in [3.05, 3.63) is 48.3 Å². The van der Waals surface area contributed by atoms with E-state index >= 15 is 0 Å². The molecular formula is C18H25ClN4O. The van der Waals surface area contributed by atoms with Gasteiger partial charge in [-0.3, -0.25) is 4.79 Å². The minimum atomic E-state index is -0.0896. The van der Waals surface area contributed by atoms with Crippen LogP contribution in [0.1, 0.15) is 42.5 Å². The van der Waals surface area contributed by atoms with Crippen LogP contribution < -0.4 is 11.1 Å². The number of hydrogen-bond donors (Lipinski definition) is 2. The highest BCUT2D eigenvalue weighted by atomic mass is 35.5. The van der Waals surface area contributed by atoms with Crippen molar-refractivity contribution in [1.82, 2.24) is 15.1 Å². The van der Waals surface area contributed by atoms with Crippen molar-refractivity contribution in [2.24, 2.45) is 11.7 Å². The molecule has 1 aromatic carbocycles. The van der Waals surface area contributed by atoms with Crippen LogP contribution in [0.3, 0.4) is 0 Å². The summed E-state index contributed by atoms with van der Waals surface area (Å²) in [6.07, 6.45) is 9.46. The molecule has 0 radical (unpaired) electrons. The third-order valence-electron chi connectivity index (χ3n) is 4.65. The number of nitrogens with two attached hydrogens (primary N) is 1. The molecule has 1 unspecified atom stereocenters. The number of benzene rings is 1. The van der Waals surface area contributed by atoms with Gasteiger partial charge in [0.1, 0.15) is 0 Å². The highest BCUT2D eigenvalue weighted by Gasteiger charge is 2.24. The summed E-state index contributed by atoms with van der Waals surface area (Å²) in [5.41, 5.74) is 7.40. The molecule has 1 atom stereocenters. The maximum atomic E-state index is 12.5. The lowest BCUT2D eigenvalue weighted by Crippen LogP contribution is -2.45. The molecule has 130 valence electrons. The lowest BCUT2D eigenvalue weighted by Gasteiger charge is -2.29. The second-order valence-corrected chi connectivity index (χ2v) is 6.22. The molecule has 1 saturated carbocycles. The number of halogens is 1. The molecule has 1 aliphatic carbocycles. The molecule has 0 bridgehead atoms. The minimum Gasteiger partial charge on any atom is -0.348 e. The van der Waals surface area contributed by atoms with E-state index in [9.17, 15) is 4.79 Å². The summed E-state index contributed by atoms with van der Waals surface area (Å²) in [5.74, 6) is 0.412. The fourth-order valence-electron chi connectivity index (χ4n) is 3.32. The topological polar surface area (TPSA) is 72.9 Å². The second kappa shape index (κ2) is 8.85. The Morgan fingerprint density at radius 3 is 2.62 bits per heavy atom. The van der Waals surface area contributed by atoms with Gasteiger partial charge in [0, 0.05) is 18.8 Å². The van der Waals surface area contributed by atoms with Crippen LogP contribution in [0.15, 0.2) is 42.7 Å². The summed E-state index contributed by atoms with van der Waals surface area (Å²) in [6, 6.07) is 9.83. The lowest BCUT2D eigenvalue weighted by molar-refractivity contribution is 0.0915. The van der Waals surface area contributed by atoms with Gasteiger partial charge < -0.3 is 11.1 Å². The lowest BCUT2D eigenvalue weighted by atomic mass is 9.84. The number of amides is 1. The van der Waals surface area contributed by atoms with Gasteiger partial charge in [0.25, 0.3) is 5.91 Å². The number of nitrogens with one attached hydrogen (secondary N) is 1. The normalized spacial score (nSPS) is 16.2. The van der Waals surface area contributed by atoms with Gasteiger partial charge >= 0.3 is 0 Å². The Kier molecular flexibility index (Phi) is 6.82. The fourth-order valence-corrected chi connectivity index (χ4v) is 3.32. The SMILES string of the molecule is Cl.NCC(NC(=O)c1cnn(-c2ccccc2)c1)C1CCCCC1. The van der Waals surface area contributed by atoms with Gasteiger partial charge in [-0.05, 0) is 30.9 Å². The minimum absolute atomic E-state index is 0. The van der Waals surface area contributed by atoms with Crippen molar-refractivity contribution in [2.75, 3.05) is 6.54 Å². The Labute approximate surface area is 149 Å². The highest BCUT2D eigenvalue weighted by Crippen LogP contribution is 2.26. The van der Waals surface area contributed by atoms with E-state index in [1.807, 2.05) is 30.3 Å². The Balaban J connectivity index is 0.00000208. The van der Waals surface area contributed by atoms with Crippen molar-refractivity contribution in [3.8, 4) is 5.69 Å². The molecule has 3 N–H and O–H groups in total. The standard InChI is InChI=1S/C18H24N4O.ClH/c19-11-17(14-7-3-1-4-8-14)21-18(23)15-12-20-22(13-15)16-9-5-2-6-10-16;/h2,5-6,9-10,12-14,17H,1,3-4,7-8,11,19H2,(H,21,23);1H. The Morgan fingerprint density at radius 1 is 1.25 bits per heavy atom. The van der Waals surface area contributed by atoms with Crippen LogP contribution in [-0.4, -0.2) is 28.3 Å². The van der Waals surface area contributed by atoms with Crippen molar-refractivity contribution >= 4 is 18.3 Å². The van der Waals surface area contributed by atoms with E-state index in [4.69, 9.17) is 5.73 Å². The van der Waals surface area contributed by atoms with Gasteiger partial charge in [0.2, 0.25) is 0 Å². The molecule has 24 heavy (non-hydrogen) atoms. The summed E-state index contributed by atoms with van der Waals surface area (Å²) < 4.78 is 1.72. The van der Waals surface area contributed by atoms with Crippen LogP contribution in [0.2, 0.25) is 0 Å². The molecular weight excluding hydrogens is 324 g/mol. The van der Waals surface area contributed by atoms with E-state index in [1.54, 1.807) is 17.1 Å². The third-order valence-corrected chi connectivity index (χ3v) is 4.65. The number of carbonyl (C=O) groups is 1. The maximum Gasteiger partial charge on any atom is 0.254 e. The Bertz CT molecular complexity index is 637. The van der Waals surface area contributed by atoms with Gasteiger partial charge in [0.15, 0.2) is 0 Å². The molecule has 1 amide bonds. The zero-order valence-corrected chi connectivity index (χ0v) is 14.5. The van der Waals surface area contributed by atoms with Gasteiger partial charge in [-0.2, -0.15) is 5.10 Å². The van der Waals surface area contributed by atoms with E-state index in [2.05, 4.69) is 10.4 Å². The van der Waals surface area contributed by atoms with Crippen LogP contribution in [0, 0.1) is 5.92 Å². The first kappa shape index (κ1) is 18.5. The molecule has 0 saturated heterocycles. The summed E-state index contributed by atoms with van der Waals surface area (Å²) in [6.45, 7) is 0.489. The van der Waals surface area contributed by atoms with Crippen LogP contribution in [0.4, 0.5) is 0 Å². The number of para-hydroxylation sites is 1. The summed E-state index contributed by atoms with van der Waals surface area (Å²) in [4.78, 5) is 12.5. The first-order valence-corrected chi connectivity index (χ1v) is 8.39. The molecule has 3 rings (SSSR count). The molecule has 6 heteroatoms. The molecule has 0 aliphatic heterocycles. The van der Waals surface area contributed by atoms with E-state index in [0.29, 0.717) is 18.0 Å². The third kappa shape index (κ3) is 4.36. The zero-order chi connectivity index (χ0) is 16.1. The summed E-state index contributed by atoms with van der Waals surface area (Å²) in [5, 5.41) is 7.38. The van der Waals surface area contributed by atoms with Crippen LogP contribution in [0.5, 0.6) is 0 Å². The van der Waals surface area contributed by atoms with Gasteiger partial charge in [-0.15, -0.1) is 12.4 Å². The van der Waals surface area contributed by atoms with E-state index in [1.165, 1.54) is 19.3 Å². The number of hydrogen-bond acceptors (Lipinski definition) is 3. The van der Waals surface area contributed by atoms with Crippen molar-refractivity contribution < 1.29 is 4.79 Å². The maximum absolute atomic E-state index is 12.5. The molecule has 1 fully saturated rings. The Hall–Kier alpha value is -1.85. The number of aromatic nitrogens is 2.